The van der Waals surface area contributed by atoms with Crippen LogP contribution in [-0.4, -0.2) is 44.0 Å². The van der Waals surface area contributed by atoms with Crippen molar-refractivity contribution in [2.45, 2.75) is 34.4 Å². The van der Waals surface area contributed by atoms with Crippen LogP contribution in [0.15, 0.2) is 52.3 Å². The molecule has 2 unspecified atom stereocenters. The van der Waals surface area contributed by atoms with E-state index in [0.29, 0.717) is 4.90 Å². The van der Waals surface area contributed by atoms with Crippen molar-refractivity contribution in [3.8, 4) is 6.07 Å². The van der Waals surface area contributed by atoms with Crippen LogP contribution >= 0.6 is 12.6 Å². The summed E-state index contributed by atoms with van der Waals surface area (Å²) in [5.74, 6) is 0. The van der Waals surface area contributed by atoms with E-state index in [1.807, 2.05) is 0 Å². The predicted octanol–water partition coefficient (Wildman–Crippen LogP) is 3.94. The Morgan fingerprint density at radius 2 is 1.84 bits per heavy atom. The molecule has 2 atom stereocenters. The highest BCUT2D eigenvalue weighted by molar-refractivity contribution is 7.82. The summed E-state index contributed by atoms with van der Waals surface area (Å²) in [6, 6.07) is 9.98. The van der Waals surface area contributed by atoms with Crippen molar-refractivity contribution in [2.24, 2.45) is 0 Å². The van der Waals surface area contributed by atoms with Crippen molar-refractivity contribution in [3.63, 3.8) is 0 Å². The summed E-state index contributed by atoms with van der Waals surface area (Å²) in [6.07, 6.45) is -6.88. The van der Waals surface area contributed by atoms with Gasteiger partial charge in [-0.25, -0.2) is 17.3 Å². The second-order valence-corrected chi connectivity index (χ2v) is 8.93. The molecule has 12 heteroatoms. The number of halogens is 5. The molecule has 0 radical (unpaired) electrons. The van der Waals surface area contributed by atoms with Gasteiger partial charge >= 0.3 is 6.18 Å². The molecule has 1 fully saturated rings. The monoisotopic (exact) mass is 494 g/mol. The number of nitriles is 1. The number of hydrogen-bond donors (Lipinski definition) is 3. The Kier molecular flexibility index (Phi) is 8.78. The van der Waals surface area contributed by atoms with Crippen molar-refractivity contribution < 1.29 is 36.4 Å². The minimum absolute atomic E-state index is 0.0568. The summed E-state index contributed by atoms with van der Waals surface area (Å²) in [6.45, 7) is -0.305. The number of thiol groups is 1. The van der Waals surface area contributed by atoms with E-state index in [9.17, 15) is 31.3 Å². The van der Waals surface area contributed by atoms with Crippen molar-refractivity contribution in [1.29, 1.82) is 5.26 Å². The minimum Gasteiger partial charge on any atom is -0.393 e. The molecule has 3 rings (SSSR count). The van der Waals surface area contributed by atoms with E-state index < -0.39 is 46.9 Å². The second kappa shape index (κ2) is 10.7. The molecular formula is C20H19F5N2O3S2. The number of alkyl halides is 5. The van der Waals surface area contributed by atoms with E-state index in [1.54, 1.807) is 6.07 Å². The molecule has 2 aromatic carbocycles. The topological polar surface area (TPSA) is 84.6 Å². The van der Waals surface area contributed by atoms with E-state index in [1.165, 1.54) is 28.6 Å². The molecule has 2 N–H and O–H groups in total. The first-order chi connectivity index (χ1) is 14.9. The van der Waals surface area contributed by atoms with Crippen LogP contribution in [-0.2, 0) is 17.2 Å². The van der Waals surface area contributed by atoms with Gasteiger partial charge in [0.2, 0.25) is 0 Å². The van der Waals surface area contributed by atoms with Crippen LogP contribution in [0.25, 0.3) is 0 Å². The molecule has 1 heterocycles. The predicted molar refractivity (Wildman–Crippen MR) is 109 cm³/mol. The lowest BCUT2D eigenvalue weighted by Gasteiger charge is -2.21. The molecular weight excluding hydrogens is 475 g/mol. The van der Waals surface area contributed by atoms with Gasteiger partial charge in [0.1, 0.15) is 16.6 Å². The fourth-order valence-corrected chi connectivity index (χ4v) is 4.40. The SMILES string of the molecule is FC(F)(F)c1ccc(S)cc1.N#Cc1ccc(S(=O)N2CCC(O)(CO)C2)c(C(F)F)c1. The smallest absolute Gasteiger partial charge is 0.393 e. The average Bonchev–Trinajstić information content (AvgIpc) is 3.15. The molecule has 1 aliphatic rings. The molecule has 32 heavy (non-hydrogen) atoms. The number of β-amino-alcohol motifs (C(OH)–C–C–N with tert-alkyl or cyclic N) is 1. The lowest BCUT2D eigenvalue weighted by atomic mass is 10.1. The van der Waals surface area contributed by atoms with Gasteiger partial charge in [-0.15, -0.1) is 12.6 Å². The maximum atomic E-state index is 13.1. The zero-order valence-electron chi connectivity index (χ0n) is 16.4. The first-order valence-electron chi connectivity index (χ1n) is 9.08. The minimum atomic E-state index is -4.25. The fraction of sp³-hybridized carbons (Fsp3) is 0.350. The highest BCUT2D eigenvalue weighted by atomic mass is 32.2. The van der Waals surface area contributed by atoms with Crippen LogP contribution in [0.4, 0.5) is 22.0 Å². The second-order valence-electron chi connectivity index (χ2n) is 6.95. The summed E-state index contributed by atoms with van der Waals surface area (Å²) < 4.78 is 75.5. The van der Waals surface area contributed by atoms with Crippen LogP contribution in [0, 0.1) is 11.3 Å². The van der Waals surface area contributed by atoms with Crippen molar-refractivity contribution in [3.05, 3.63) is 59.2 Å². The maximum absolute atomic E-state index is 13.1. The first kappa shape index (κ1) is 26.2. The Bertz CT molecular complexity index is 996. The molecule has 0 aliphatic carbocycles. The zero-order valence-corrected chi connectivity index (χ0v) is 18.1. The maximum Gasteiger partial charge on any atom is 0.416 e. The van der Waals surface area contributed by atoms with Gasteiger partial charge < -0.3 is 10.2 Å². The lowest BCUT2D eigenvalue weighted by molar-refractivity contribution is -0.137. The third kappa shape index (κ3) is 6.73. The Balaban J connectivity index is 0.000000278. The van der Waals surface area contributed by atoms with E-state index in [-0.39, 0.29) is 30.0 Å². The van der Waals surface area contributed by atoms with E-state index in [4.69, 9.17) is 10.4 Å². The molecule has 5 nitrogen and oxygen atoms in total. The standard InChI is InChI=1S/C13H14F2N2O3S.C7H5F3S/c14-12(15)10-5-9(6-16)1-2-11(10)21(20)17-4-3-13(19,7-17)8-18;8-7(9,10)5-1-3-6(11)4-2-5/h1-2,5,12,18-19H,3-4,7-8H2;1-4,11H. The van der Waals surface area contributed by atoms with Gasteiger partial charge in [-0.3, -0.25) is 0 Å². The number of aliphatic hydroxyl groups is 2. The fourth-order valence-electron chi connectivity index (χ4n) is 2.83. The average molecular weight is 495 g/mol. The highest BCUT2D eigenvalue weighted by Crippen LogP contribution is 2.31. The van der Waals surface area contributed by atoms with Crippen molar-refractivity contribution >= 4 is 23.6 Å². The molecule has 1 aliphatic heterocycles. The Labute approximate surface area is 189 Å². The molecule has 0 saturated carbocycles. The van der Waals surface area contributed by atoms with Crippen molar-refractivity contribution in [1.82, 2.24) is 4.31 Å². The molecule has 0 aromatic heterocycles. The van der Waals surface area contributed by atoms with Gasteiger partial charge in [-0.2, -0.15) is 18.4 Å². The number of aliphatic hydroxyl groups excluding tert-OH is 1. The van der Waals surface area contributed by atoms with Crippen LogP contribution < -0.4 is 0 Å². The quantitative estimate of drug-likeness (QED) is 0.444. The van der Waals surface area contributed by atoms with E-state index >= 15 is 0 Å². The third-order valence-corrected chi connectivity index (χ3v) is 6.41. The number of rotatable bonds is 4. The summed E-state index contributed by atoms with van der Waals surface area (Å²) in [5, 5.41) is 27.7. The van der Waals surface area contributed by atoms with Crippen LogP contribution in [0.3, 0.4) is 0 Å². The van der Waals surface area contributed by atoms with E-state index in [0.717, 1.165) is 18.2 Å². The Hall–Kier alpha value is -2.04. The van der Waals surface area contributed by atoms with Crippen LogP contribution in [0.1, 0.15) is 29.5 Å². The van der Waals surface area contributed by atoms with Crippen molar-refractivity contribution in [2.75, 3.05) is 19.7 Å². The molecule has 174 valence electrons. The van der Waals surface area contributed by atoms with Crippen LogP contribution in [0.5, 0.6) is 0 Å². The normalized spacial score (nSPS) is 19.9. The van der Waals surface area contributed by atoms with Gasteiger partial charge in [-0.05, 0) is 48.9 Å². The van der Waals surface area contributed by atoms with Gasteiger partial charge in [0.25, 0.3) is 6.43 Å². The van der Waals surface area contributed by atoms with Gasteiger partial charge in [-0.1, -0.05) is 0 Å². The number of nitrogens with zero attached hydrogens (tertiary/aromatic N) is 2. The van der Waals surface area contributed by atoms with E-state index in [2.05, 4.69) is 12.6 Å². The molecule has 0 amide bonds. The molecule has 0 bridgehead atoms. The van der Waals surface area contributed by atoms with Crippen LogP contribution in [0.2, 0.25) is 0 Å². The van der Waals surface area contributed by atoms with Gasteiger partial charge in [0, 0.05) is 23.5 Å². The first-order valence-corrected chi connectivity index (χ1v) is 10.6. The lowest BCUT2D eigenvalue weighted by Crippen LogP contribution is -2.37. The zero-order chi connectivity index (χ0) is 24.1. The summed E-state index contributed by atoms with van der Waals surface area (Å²) in [4.78, 5) is 0.448. The summed E-state index contributed by atoms with van der Waals surface area (Å²) >= 11 is 3.86. The largest absolute Gasteiger partial charge is 0.416 e. The molecule has 0 spiro atoms. The molecule has 1 saturated heterocycles. The van der Waals surface area contributed by atoms with Gasteiger partial charge in [0.05, 0.1) is 28.7 Å². The Morgan fingerprint density at radius 1 is 1.22 bits per heavy atom. The number of hydrogen-bond acceptors (Lipinski definition) is 5. The van der Waals surface area contributed by atoms with Gasteiger partial charge in [0.15, 0.2) is 0 Å². The number of benzene rings is 2. The third-order valence-electron chi connectivity index (χ3n) is 4.58. The summed E-state index contributed by atoms with van der Waals surface area (Å²) in [7, 11) is -1.88. The highest BCUT2D eigenvalue weighted by Gasteiger charge is 2.39. The Morgan fingerprint density at radius 3 is 2.31 bits per heavy atom. The molecule has 2 aromatic rings. The summed E-state index contributed by atoms with van der Waals surface area (Å²) in [5.41, 5.74) is -2.38.